The predicted octanol–water partition coefficient (Wildman–Crippen LogP) is 5.57. The van der Waals surface area contributed by atoms with Crippen molar-refractivity contribution in [1.82, 2.24) is 20.6 Å². The van der Waals surface area contributed by atoms with Gasteiger partial charge in [-0.25, -0.2) is 9.97 Å². The molecule has 6 nitrogen and oxygen atoms in total. The lowest BCUT2D eigenvalue weighted by atomic mass is 10.1. The van der Waals surface area contributed by atoms with Crippen LogP contribution in [0.15, 0.2) is 95.0 Å². The highest BCUT2D eigenvalue weighted by Gasteiger charge is 2.16. The van der Waals surface area contributed by atoms with Gasteiger partial charge in [0.25, 0.3) is 0 Å². The number of benzene rings is 3. The molecule has 0 unspecified atom stereocenters. The molecule has 0 bridgehead atoms. The van der Waals surface area contributed by atoms with Crippen molar-refractivity contribution in [2.24, 2.45) is 0 Å². The fraction of sp³-hybridized carbons (Fsp3) is 0.214. The van der Waals surface area contributed by atoms with E-state index in [2.05, 4.69) is 10.6 Å². The van der Waals surface area contributed by atoms with Gasteiger partial charge >= 0.3 is 0 Å². The molecule has 184 valence electrons. The lowest BCUT2D eigenvalue weighted by Gasteiger charge is -2.15. The van der Waals surface area contributed by atoms with Crippen molar-refractivity contribution in [3.05, 3.63) is 96.1 Å². The predicted molar refractivity (Wildman–Crippen MR) is 147 cm³/mol. The molecule has 0 radical (unpaired) electrons. The Morgan fingerprint density at radius 1 is 0.639 bits per heavy atom. The monoisotopic (exact) mass is 516 g/mol. The van der Waals surface area contributed by atoms with Crippen LogP contribution < -0.4 is 10.6 Å². The van der Waals surface area contributed by atoms with E-state index in [1.54, 1.807) is 0 Å². The summed E-state index contributed by atoms with van der Waals surface area (Å²) in [6, 6.07) is 27.1. The zero-order valence-electron chi connectivity index (χ0n) is 20.2. The minimum Gasteiger partial charge on any atom is -0.349 e. The lowest BCUT2D eigenvalue weighted by molar-refractivity contribution is -0.120. The number of rotatable bonds is 10. The maximum atomic E-state index is 12.6. The molecule has 3 aromatic carbocycles. The van der Waals surface area contributed by atoms with E-state index in [0.29, 0.717) is 10.1 Å². The highest BCUT2D eigenvalue weighted by atomic mass is 32.2. The molecule has 8 heteroatoms. The number of nitrogens with zero attached hydrogens (tertiary/aromatic N) is 2. The topological polar surface area (TPSA) is 84.0 Å². The maximum absolute atomic E-state index is 12.6. The van der Waals surface area contributed by atoms with Crippen molar-refractivity contribution >= 4 is 46.4 Å². The van der Waals surface area contributed by atoms with Crippen LogP contribution in [0, 0.1) is 0 Å². The third kappa shape index (κ3) is 7.08. The van der Waals surface area contributed by atoms with Crippen molar-refractivity contribution < 1.29 is 9.59 Å². The van der Waals surface area contributed by atoms with Crippen LogP contribution in [0.3, 0.4) is 0 Å². The van der Waals surface area contributed by atoms with Gasteiger partial charge in [0.15, 0.2) is 0 Å². The van der Waals surface area contributed by atoms with Crippen LogP contribution in [0.1, 0.15) is 37.1 Å². The summed E-state index contributed by atoms with van der Waals surface area (Å²) < 4.78 is 0. The number of hydrogen-bond donors (Lipinski definition) is 2. The summed E-state index contributed by atoms with van der Waals surface area (Å²) >= 11 is 2.66. The fourth-order valence-electron chi connectivity index (χ4n) is 3.64. The van der Waals surface area contributed by atoms with Crippen molar-refractivity contribution in [1.29, 1.82) is 0 Å². The van der Waals surface area contributed by atoms with Gasteiger partial charge in [-0.05, 0) is 37.1 Å². The summed E-state index contributed by atoms with van der Waals surface area (Å²) in [6.07, 6.45) is 0. The largest absolute Gasteiger partial charge is 0.349 e. The van der Waals surface area contributed by atoms with Crippen molar-refractivity contribution in [3.63, 3.8) is 0 Å². The van der Waals surface area contributed by atoms with Crippen molar-refractivity contribution in [3.8, 4) is 0 Å². The summed E-state index contributed by atoms with van der Waals surface area (Å²) in [5.41, 5.74) is 3.61. The van der Waals surface area contributed by atoms with Gasteiger partial charge in [0.1, 0.15) is 10.1 Å². The molecule has 2 N–H and O–H groups in total. The number of fused-ring (bicyclic) bond motifs is 1. The zero-order chi connectivity index (χ0) is 25.3. The van der Waals surface area contributed by atoms with Crippen LogP contribution in [0.5, 0.6) is 0 Å². The third-order valence-corrected chi connectivity index (χ3v) is 7.60. The minimum atomic E-state index is -0.0915. The molecule has 0 saturated carbocycles. The maximum Gasteiger partial charge on any atom is 0.230 e. The second-order valence-electron chi connectivity index (χ2n) is 8.30. The summed E-state index contributed by atoms with van der Waals surface area (Å²) in [7, 11) is 0. The number of para-hydroxylation sites is 2. The molecule has 1 heterocycles. The van der Waals surface area contributed by atoms with E-state index in [0.717, 1.165) is 22.2 Å². The Balaban J connectivity index is 1.40. The van der Waals surface area contributed by atoms with Crippen LogP contribution in [0.2, 0.25) is 0 Å². The zero-order valence-corrected chi connectivity index (χ0v) is 21.8. The SMILES string of the molecule is C[C@@H](NC(=O)CSc1nc2ccccc2nc1SCC(=O)N[C@H](C)c1ccccc1)c1ccccc1. The van der Waals surface area contributed by atoms with Gasteiger partial charge in [-0.15, -0.1) is 0 Å². The van der Waals surface area contributed by atoms with Crippen LogP contribution in [-0.4, -0.2) is 33.3 Å². The molecule has 0 aliphatic carbocycles. The van der Waals surface area contributed by atoms with E-state index in [9.17, 15) is 9.59 Å². The highest BCUT2D eigenvalue weighted by Crippen LogP contribution is 2.30. The third-order valence-electron chi connectivity index (χ3n) is 5.54. The Labute approximate surface area is 219 Å². The van der Waals surface area contributed by atoms with Gasteiger partial charge in [0.05, 0.1) is 34.6 Å². The standard InChI is InChI=1S/C28H28N4O2S2/c1-19(21-11-5-3-6-12-21)29-25(33)17-35-27-28(32-24-16-10-9-15-23(24)31-27)36-18-26(34)30-20(2)22-13-7-4-8-14-22/h3-16,19-20H,17-18H2,1-2H3,(H,29,33)(H,30,34)/t19-,20-/m1/s1. The molecule has 2 amide bonds. The number of amides is 2. The number of hydrogen-bond acceptors (Lipinski definition) is 6. The molecule has 36 heavy (non-hydrogen) atoms. The second-order valence-corrected chi connectivity index (χ2v) is 10.2. The molecular formula is C28H28N4O2S2. The van der Waals surface area contributed by atoms with Crippen LogP contribution in [0.4, 0.5) is 0 Å². The Bertz CT molecular complexity index is 1220. The van der Waals surface area contributed by atoms with E-state index in [4.69, 9.17) is 9.97 Å². The number of thioether (sulfide) groups is 2. The fourth-order valence-corrected chi connectivity index (χ4v) is 5.36. The second kappa shape index (κ2) is 12.6. The molecule has 0 saturated heterocycles. The first-order chi connectivity index (χ1) is 17.5. The van der Waals surface area contributed by atoms with Gasteiger partial charge in [-0.1, -0.05) is 96.3 Å². The Hall–Kier alpha value is -3.36. The minimum absolute atomic E-state index is 0.0864. The first-order valence-corrected chi connectivity index (χ1v) is 13.7. The number of aromatic nitrogens is 2. The average Bonchev–Trinajstić information content (AvgIpc) is 2.91. The van der Waals surface area contributed by atoms with E-state index >= 15 is 0 Å². The summed E-state index contributed by atoms with van der Waals surface area (Å²) in [4.78, 5) is 34.8. The quantitative estimate of drug-likeness (QED) is 0.268. The summed E-state index contributed by atoms with van der Waals surface area (Å²) in [6.45, 7) is 3.92. The molecule has 1 aromatic heterocycles. The van der Waals surface area contributed by atoms with Gasteiger partial charge in [0.2, 0.25) is 11.8 Å². The van der Waals surface area contributed by atoms with E-state index in [1.807, 2.05) is 98.8 Å². The van der Waals surface area contributed by atoms with Crippen LogP contribution in [0.25, 0.3) is 11.0 Å². The Morgan fingerprint density at radius 2 is 1.00 bits per heavy atom. The van der Waals surface area contributed by atoms with Crippen LogP contribution in [-0.2, 0) is 9.59 Å². The number of carbonyl (C=O) groups is 2. The van der Waals surface area contributed by atoms with Gasteiger partial charge in [-0.3, -0.25) is 9.59 Å². The van der Waals surface area contributed by atoms with Crippen molar-refractivity contribution in [2.45, 2.75) is 36.0 Å². The van der Waals surface area contributed by atoms with Gasteiger partial charge in [-0.2, -0.15) is 0 Å². The molecule has 0 aliphatic heterocycles. The van der Waals surface area contributed by atoms with Crippen molar-refractivity contribution in [2.75, 3.05) is 11.5 Å². The summed E-state index contributed by atoms with van der Waals surface area (Å²) in [5.74, 6) is 0.234. The molecule has 2 atom stereocenters. The molecular weight excluding hydrogens is 488 g/mol. The Morgan fingerprint density at radius 3 is 1.39 bits per heavy atom. The Kier molecular flexibility index (Phi) is 8.97. The van der Waals surface area contributed by atoms with E-state index in [-0.39, 0.29) is 35.4 Å². The first-order valence-electron chi connectivity index (χ1n) is 11.7. The highest BCUT2D eigenvalue weighted by molar-refractivity contribution is 8.02. The van der Waals surface area contributed by atoms with Crippen LogP contribution >= 0.6 is 23.5 Å². The molecule has 0 spiro atoms. The van der Waals surface area contributed by atoms with Gasteiger partial charge in [0, 0.05) is 0 Å². The lowest BCUT2D eigenvalue weighted by Crippen LogP contribution is -2.28. The molecule has 0 aliphatic rings. The normalized spacial score (nSPS) is 12.6. The number of nitrogens with one attached hydrogen (secondary N) is 2. The van der Waals surface area contributed by atoms with E-state index in [1.165, 1.54) is 23.5 Å². The van der Waals surface area contributed by atoms with E-state index < -0.39 is 0 Å². The van der Waals surface area contributed by atoms with Gasteiger partial charge < -0.3 is 10.6 Å². The first kappa shape index (κ1) is 25.7. The molecule has 0 fully saturated rings. The molecule has 4 aromatic rings. The molecule has 4 rings (SSSR count). The average molecular weight is 517 g/mol. The summed E-state index contributed by atoms with van der Waals surface area (Å²) in [5, 5.41) is 7.35. The smallest absolute Gasteiger partial charge is 0.230 e. The number of carbonyl (C=O) groups excluding carboxylic acids is 2.